The van der Waals surface area contributed by atoms with Crippen molar-refractivity contribution in [2.24, 2.45) is 5.92 Å². The summed E-state index contributed by atoms with van der Waals surface area (Å²) in [5, 5.41) is 21.3. The highest BCUT2D eigenvalue weighted by Crippen LogP contribution is 2.44. The van der Waals surface area contributed by atoms with Crippen molar-refractivity contribution in [2.45, 2.75) is 50.2 Å². The Kier molecular flexibility index (Phi) is 4.21. The molecule has 0 aromatic heterocycles. The highest BCUT2D eigenvalue weighted by molar-refractivity contribution is 5.66. The Balaban J connectivity index is 1.89. The maximum Gasteiger partial charge on any atom is 0.302 e. The molecule has 0 amide bonds. The molecule has 6 atom stereocenters. The van der Waals surface area contributed by atoms with Crippen molar-refractivity contribution in [1.29, 1.82) is 0 Å². The van der Waals surface area contributed by atoms with E-state index in [1.165, 1.54) is 6.92 Å². The van der Waals surface area contributed by atoms with E-state index in [1.54, 1.807) is 0 Å². The molecule has 3 rings (SSSR count). The number of nitrogens with zero attached hydrogens (tertiary/aromatic N) is 1. The Bertz CT molecular complexity index is 535. The van der Waals surface area contributed by atoms with Crippen LogP contribution in [0.5, 0.6) is 0 Å². The molecule has 1 aromatic carbocycles. The number of aliphatic hydroxyl groups is 2. The van der Waals surface area contributed by atoms with Crippen LogP contribution in [0, 0.1) is 5.92 Å². The van der Waals surface area contributed by atoms with Crippen molar-refractivity contribution in [3.8, 4) is 0 Å². The molecule has 0 saturated carbocycles. The van der Waals surface area contributed by atoms with Crippen LogP contribution in [0.3, 0.4) is 0 Å². The topological polar surface area (TPSA) is 70.0 Å². The molecule has 1 aromatic rings. The highest BCUT2D eigenvalue weighted by Gasteiger charge is 2.54. The molecule has 2 heterocycles. The zero-order valence-corrected chi connectivity index (χ0v) is 12.9. The Morgan fingerprint density at radius 1 is 1.32 bits per heavy atom. The highest BCUT2D eigenvalue weighted by atomic mass is 16.5. The van der Waals surface area contributed by atoms with Crippen molar-refractivity contribution in [3.63, 3.8) is 0 Å². The fourth-order valence-corrected chi connectivity index (χ4v) is 4.13. The summed E-state index contributed by atoms with van der Waals surface area (Å²) in [6.07, 6.45) is -0.328. The number of aliphatic hydroxyl groups excluding tert-OH is 2. The average molecular weight is 305 g/mol. The van der Waals surface area contributed by atoms with Crippen LogP contribution in [0.4, 0.5) is 0 Å². The number of likely N-dealkylation sites (N-methyl/N-ethyl adjacent to an activating group) is 1. The summed E-state index contributed by atoms with van der Waals surface area (Å²) in [6, 6.07) is 9.40. The van der Waals surface area contributed by atoms with Crippen molar-refractivity contribution < 1.29 is 19.7 Å². The lowest BCUT2D eigenvalue weighted by Gasteiger charge is -2.43. The number of hydrogen-bond acceptors (Lipinski definition) is 5. The maximum absolute atomic E-state index is 11.4. The summed E-state index contributed by atoms with van der Waals surface area (Å²) >= 11 is 0. The first-order valence-corrected chi connectivity index (χ1v) is 7.79. The minimum absolute atomic E-state index is 0.159. The number of carbonyl (C=O) groups excluding carboxylic acids is 1. The summed E-state index contributed by atoms with van der Waals surface area (Å²) < 4.78 is 5.46. The number of benzene rings is 1. The molecule has 0 aliphatic carbocycles. The summed E-state index contributed by atoms with van der Waals surface area (Å²) in [7, 11) is 1.98. The van der Waals surface area contributed by atoms with Gasteiger partial charge < -0.3 is 14.9 Å². The maximum atomic E-state index is 11.4. The second kappa shape index (κ2) is 5.99. The fourth-order valence-electron chi connectivity index (χ4n) is 4.13. The molecule has 0 spiro atoms. The minimum Gasteiger partial charge on any atom is -0.461 e. The first-order valence-electron chi connectivity index (χ1n) is 7.79. The van der Waals surface area contributed by atoms with E-state index in [2.05, 4.69) is 4.90 Å². The zero-order valence-electron chi connectivity index (χ0n) is 12.9. The lowest BCUT2D eigenvalue weighted by Crippen LogP contribution is -2.53. The van der Waals surface area contributed by atoms with Crippen LogP contribution in [0.1, 0.15) is 31.4 Å². The van der Waals surface area contributed by atoms with Gasteiger partial charge in [-0.1, -0.05) is 30.3 Å². The van der Waals surface area contributed by atoms with E-state index in [-0.39, 0.29) is 30.1 Å². The zero-order chi connectivity index (χ0) is 15.9. The van der Waals surface area contributed by atoms with E-state index < -0.39 is 12.2 Å². The summed E-state index contributed by atoms with van der Waals surface area (Å²) in [4.78, 5) is 13.5. The van der Waals surface area contributed by atoms with E-state index in [0.717, 1.165) is 12.0 Å². The lowest BCUT2D eigenvalue weighted by molar-refractivity contribution is -0.151. The molecule has 120 valence electrons. The number of hydrogen-bond donors (Lipinski definition) is 2. The SMILES string of the molecule is CC(=O)O[C@@H]1C[C@@H]2C[C@@H](O)[C@@H]([C@@H](O)c3ccccc3)[C@H]1N2C. The van der Waals surface area contributed by atoms with Crippen LogP contribution >= 0.6 is 0 Å². The van der Waals surface area contributed by atoms with Crippen LogP contribution in [-0.4, -0.2) is 52.4 Å². The van der Waals surface area contributed by atoms with Gasteiger partial charge in [0.15, 0.2) is 0 Å². The number of piperidine rings is 1. The van der Waals surface area contributed by atoms with Gasteiger partial charge >= 0.3 is 5.97 Å². The van der Waals surface area contributed by atoms with Gasteiger partial charge in [-0.15, -0.1) is 0 Å². The minimum atomic E-state index is -0.777. The molecule has 0 radical (unpaired) electrons. The molecule has 2 fully saturated rings. The van der Waals surface area contributed by atoms with Gasteiger partial charge in [-0.25, -0.2) is 0 Å². The molecule has 2 aliphatic heterocycles. The van der Waals surface area contributed by atoms with E-state index in [9.17, 15) is 15.0 Å². The standard InChI is InChI=1S/C17H23NO4/c1-10(19)22-14-9-12-8-13(20)15(16(14)18(12)2)17(21)11-6-4-3-5-7-11/h3-7,12-17,20-21H,8-9H2,1-2H3/t12-,13+,14+,15+,16-,17-/m0/s1. The molecular formula is C17H23NO4. The van der Waals surface area contributed by atoms with Crippen LogP contribution in [-0.2, 0) is 9.53 Å². The Hall–Kier alpha value is -1.43. The monoisotopic (exact) mass is 305 g/mol. The van der Waals surface area contributed by atoms with Crippen molar-refractivity contribution >= 4 is 5.97 Å². The van der Waals surface area contributed by atoms with Crippen LogP contribution in [0.25, 0.3) is 0 Å². The fraction of sp³-hybridized carbons (Fsp3) is 0.588. The van der Waals surface area contributed by atoms with Gasteiger partial charge in [-0.05, 0) is 19.0 Å². The smallest absolute Gasteiger partial charge is 0.302 e. The van der Waals surface area contributed by atoms with Gasteiger partial charge in [-0.2, -0.15) is 0 Å². The predicted octanol–water partition coefficient (Wildman–Crippen LogP) is 1.11. The molecule has 2 aliphatic rings. The third-order valence-corrected chi connectivity index (χ3v) is 5.11. The van der Waals surface area contributed by atoms with E-state index in [1.807, 2.05) is 37.4 Å². The van der Waals surface area contributed by atoms with E-state index in [0.29, 0.717) is 6.42 Å². The Morgan fingerprint density at radius 3 is 2.64 bits per heavy atom. The number of rotatable bonds is 3. The second-order valence-electron chi connectivity index (χ2n) is 6.43. The van der Waals surface area contributed by atoms with Gasteiger partial charge in [0.2, 0.25) is 0 Å². The van der Waals surface area contributed by atoms with Gasteiger partial charge in [0.05, 0.1) is 18.2 Å². The molecule has 22 heavy (non-hydrogen) atoms. The Labute approximate surface area is 130 Å². The molecule has 2 bridgehead atoms. The van der Waals surface area contributed by atoms with Gasteiger partial charge in [0, 0.05) is 25.3 Å². The van der Waals surface area contributed by atoms with Crippen LogP contribution in [0.15, 0.2) is 30.3 Å². The summed E-state index contributed by atoms with van der Waals surface area (Å²) in [5.74, 6) is -0.677. The first-order chi connectivity index (χ1) is 10.5. The number of esters is 1. The number of carbonyl (C=O) groups is 1. The normalized spacial score (nSPS) is 36.1. The first kappa shape index (κ1) is 15.5. The molecular weight excluding hydrogens is 282 g/mol. The van der Waals surface area contributed by atoms with Gasteiger partial charge in [-0.3, -0.25) is 9.69 Å². The third kappa shape index (κ3) is 2.64. The van der Waals surface area contributed by atoms with Crippen molar-refractivity contribution in [1.82, 2.24) is 4.90 Å². The summed E-state index contributed by atoms with van der Waals surface area (Å²) in [6.45, 7) is 1.40. The molecule has 5 nitrogen and oxygen atoms in total. The largest absolute Gasteiger partial charge is 0.461 e. The average Bonchev–Trinajstić information content (AvgIpc) is 2.68. The number of ether oxygens (including phenoxy) is 1. The molecule has 0 unspecified atom stereocenters. The molecule has 5 heteroatoms. The van der Waals surface area contributed by atoms with Crippen LogP contribution in [0.2, 0.25) is 0 Å². The third-order valence-electron chi connectivity index (χ3n) is 5.11. The van der Waals surface area contributed by atoms with Gasteiger partial charge in [0.25, 0.3) is 0 Å². The van der Waals surface area contributed by atoms with Crippen molar-refractivity contribution in [3.05, 3.63) is 35.9 Å². The van der Waals surface area contributed by atoms with E-state index in [4.69, 9.17) is 4.74 Å². The van der Waals surface area contributed by atoms with Gasteiger partial charge in [0.1, 0.15) is 6.10 Å². The molecule has 2 N–H and O–H groups in total. The lowest BCUT2D eigenvalue weighted by atomic mass is 9.80. The molecule has 2 saturated heterocycles. The van der Waals surface area contributed by atoms with E-state index >= 15 is 0 Å². The number of fused-ring (bicyclic) bond motifs is 2. The Morgan fingerprint density at radius 2 is 2.00 bits per heavy atom. The predicted molar refractivity (Wildman–Crippen MR) is 81.0 cm³/mol. The second-order valence-corrected chi connectivity index (χ2v) is 6.43. The van der Waals surface area contributed by atoms with Crippen LogP contribution < -0.4 is 0 Å². The summed E-state index contributed by atoms with van der Waals surface area (Å²) in [5.41, 5.74) is 0.784. The van der Waals surface area contributed by atoms with Crippen molar-refractivity contribution in [2.75, 3.05) is 7.05 Å². The quantitative estimate of drug-likeness (QED) is 0.819.